The van der Waals surface area contributed by atoms with Gasteiger partial charge in [-0.3, -0.25) is 15.0 Å². The second-order valence-corrected chi connectivity index (χ2v) is 5.00. The van der Waals surface area contributed by atoms with Crippen LogP contribution in [0.2, 0.25) is 0 Å². The zero-order chi connectivity index (χ0) is 14.5. The number of unbranched alkanes of at least 4 members (excludes halogenated alkanes) is 2. The standard InChI is InChI=1S/C14H17N3O2S/c1-2-3-4-9-12(18)16-17-13(19)10-7-5-6-8-11(10)15-14(17)20/h5-8H,2-4,9H2,1H3,(H,15,20)(H,16,18). The van der Waals surface area contributed by atoms with E-state index in [2.05, 4.69) is 17.3 Å². The van der Waals surface area contributed by atoms with Gasteiger partial charge in [-0.15, -0.1) is 0 Å². The molecular weight excluding hydrogens is 274 g/mol. The fourth-order valence-electron chi connectivity index (χ4n) is 1.98. The molecule has 1 aromatic carbocycles. The van der Waals surface area contributed by atoms with Gasteiger partial charge < -0.3 is 4.98 Å². The predicted molar refractivity (Wildman–Crippen MR) is 81.9 cm³/mol. The van der Waals surface area contributed by atoms with Crippen molar-refractivity contribution in [3.05, 3.63) is 39.4 Å². The molecule has 0 fully saturated rings. The Morgan fingerprint density at radius 2 is 2.10 bits per heavy atom. The fourth-order valence-corrected chi connectivity index (χ4v) is 2.22. The molecule has 1 aromatic heterocycles. The van der Waals surface area contributed by atoms with Crippen LogP contribution in [0.25, 0.3) is 10.9 Å². The van der Waals surface area contributed by atoms with Gasteiger partial charge in [0.1, 0.15) is 0 Å². The lowest BCUT2D eigenvalue weighted by atomic mass is 10.2. The molecule has 0 radical (unpaired) electrons. The van der Waals surface area contributed by atoms with Crippen LogP contribution in [0.5, 0.6) is 0 Å². The summed E-state index contributed by atoms with van der Waals surface area (Å²) in [7, 11) is 0. The Morgan fingerprint density at radius 1 is 1.35 bits per heavy atom. The lowest BCUT2D eigenvalue weighted by molar-refractivity contribution is -0.117. The second kappa shape index (κ2) is 6.47. The lowest BCUT2D eigenvalue weighted by Gasteiger charge is -2.09. The van der Waals surface area contributed by atoms with E-state index in [1.54, 1.807) is 18.2 Å². The highest BCUT2D eigenvalue weighted by Gasteiger charge is 2.08. The number of amides is 1. The van der Waals surface area contributed by atoms with Crippen molar-refractivity contribution in [1.29, 1.82) is 0 Å². The first kappa shape index (κ1) is 14.5. The molecule has 106 valence electrons. The number of nitrogens with one attached hydrogen (secondary N) is 2. The van der Waals surface area contributed by atoms with Gasteiger partial charge in [-0.25, -0.2) is 0 Å². The number of carbonyl (C=O) groups excluding carboxylic acids is 1. The number of nitrogens with zero attached hydrogens (tertiary/aromatic N) is 1. The summed E-state index contributed by atoms with van der Waals surface area (Å²) in [6.07, 6.45) is 3.24. The number of hydrogen-bond acceptors (Lipinski definition) is 3. The lowest BCUT2D eigenvalue weighted by Crippen LogP contribution is -2.34. The Balaban J connectivity index is 2.28. The molecule has 0 unspecified atom stereocenters. The Morgan fingerprint density at radius 3 is 2.85 bits per heavy atom. The zero-order valence-corrected chi connectivity index (χ0v) is 12.1. The van der Waals surface area contributed by atoms with Crippen molar-refractivity contribution >= 4 is 29.0 Å². The van der Waals surface area contributed by atoms with Gasteiger partial charge >= 0.3 is 0 Å². The highest BCUT2D eigenvalue weighted by atomic mass is 32.1. The number of rotatable bonds is 5. The first-order valence-corrected chi connectivity index (χ1v) is 7.08. The normalized spacial score (nSPS) is 10.7. The minimum absolute atomic E-state index is 0.192. The van der Waals surface area contributed by atoms with E-state index in [1.165, 1.54) is 0 Å². The molecule has 1 heterocycles. The molecule has 2 N–H and O–H groups in total. The van der Waals surface area contributed by atoms with Gasteiger partial charge in [-0.1, -0.05) is 31.9 Å². The summed E-state index contributed by atoms with van der Waals surface area (Å²) in [5.74, 6) is -0.199. The van der Waals surface area contributed by atoms with Gasteiger partial charge in [0.15, 0.2) is 4.77 Å². The molecule has 2 rings (SSSR count). The molecule has 0 saturated heterocycles. The van der Waals surface area contributed by atoms with Gasteiger partial charge in [-0.05, 0) is 30.8 Å². The average Bonchev–Trinajstić information content (AvgIpc) is 2.44. The number of aromatic amines is 1. The first-order chi connectivity index (χ1) is 9.63. The van der Waals surface area contributed by atoms with E-state index in [0.29, 0.717) is 17.3 Å². The summed E-state index contributed by atoms with van der Waals surface area (Å²) in [5.41, 5.74) is 2.91. The Bertz CT molecular complexity index is 733. The fraction of sp³-hybridized carbons (Fsp3) is 0.357. The quantitative estimate of drug-likeness (QED) is 0.657. The molecule has 1 amide bonds. The molecule has 5 nitrogen and oxygen atoms in total. The molecule has 0 atom stereocenters. The molecule has 0 aliphatic rings. The Kier molecular flexibility index (Phi) is 4.68. The summed E-state index contributed by atoms with van der Waals surface area (Å²) in [6, 6.07) is 7.07. The highest BCUT2D eigenvalue weighted by molar-refractivity contribution is 7.71. The average molecular weight is 291 g/mol. The Labute approximate surface area is 121 Å². The van der Waals surface area contributed by atoms with Crippen molar-refractivity contribution in [2.24, 2.45) is 0 Å². The second-order valence-electron chi connectivity index (χ2n) is 4.61. The van der Waals surface area contributed by atoms with Gasteiger partial charge in [0.25, 0.3) is 5.56 Å². The minimum atomic E-state index is -0.312. The topological polar surface area (TPSA) is 66.9 Å². The van der Waals surface area contributed by atoms with E-state index in [1.807, 2.05) is 6.07 Å². The van der Waals surface area contributed by atoms with E-state index in [0.717, 1.165) is 23.9 Å². The molecule has 6 heteroatoms. The van der Waals surface area contributed by atoms with Crippen molar-refractivity contribution in [3.8, 4) is 0 Å². The molecule has 0 saturated carbocycles. The maximum atomic E-state index is 12.3. The molecule has 0 spiro atoms. The molecular formula is C14H17N3O2S. The van der Waals surface area contributed by atoms with Crippen LogP contribution in [0.1, 0.15) is 32.6 Å². The number of fused-ring (bicyclic) bond motifs is 1. The summed E-state index contributed by atoms with van der Waals surface area (Å²) < 4.78 is 1.30. The van der Waals surface area contributed by atoms with Crippen LogP contribution >= 0.6 is 12.2 Å². The third kappa shape index (κ3) is 3.14. The van der Waals surface area contributed by atoms with Crippen molar-refractivity contribution in [3.63, 3.8) is 0 Å². The summed E-state index contributed by atoms with van der Waals surface area (Å²) in [6.45, 7) is 2.07. The van der Waals surface area contributed by atoms with E-state index >= 15 is 0 Å². The van der Waals surface area contributed by atoms with Crippen LogP contribution in [0.3, 0.4) is 0 Å². The number of carbonyl (C=O) groups is 1. The van der Waals surface area contributed by atoms with Crippen LogP contribution in [0.15, 0.2) is 29.1 Å². The number of aromatic nitrogens is 2. The monoisotopic (exact) mass is 291 g/mol. The van der Waals surface area contributed by atoms with Crippen LogP contribution in [0, 0.1) is 4.77 Å². The van der Waals surface area contributed by atoms with Crippen LogP contribution in [-0.4, -0.2) is 15.6 Å². The van der Waals surface area contributed by atoms with Crippen molar-refractivity contribution in [2.75, 3.05) is 5.43 Å². The number of hydrogen-bond donors (Lipinski definition) is 2. The third-order valence-corrected chi connectivity index (χ3v) is 3.33. The summed E-state index contributed by atoms with van der Waals surface area (Å²) in [4.78, 5) is 27.0. The maximum Gasteiger partial charge on any atom is 0.281 e. The van der Waals surface area contributed by atoms with Crippen LogP contribution in [-0.2, 0) is 4.79 Å². The third-order valence-electron chi connectivity index (χ3n) is 3.05. The van der Waals surface area contributed by atoms with Crippen molar-refractivity contribution in [1.82, 2.24) is 9.66 Å². The van der Waals surface area contributed by atoms with Gasteiger partial charge in [0.2, 0.25) is 5.91 Å². The summed E-state index contributed by atoms with van der Waals surface area (Å²) in [5, 5.41) is 0.495. The van der Waals surface area contributed by atoms with E-state index in [4.69, 9.17) is 12.2 Å². The first-order valence-electron chi connectivity index (χ1n) is 6.67. The largest absolute Gasteiger partial charge is 0.330 e. The van der Waals surface area contributed by atoms with Crippen molar-refractivity contribution in [2.45, 2.75) is 32.6 Å². The predicted octanol–water partition coefficient (Wildman–Crippen LogP) is 2.71. The number of para-hydroxylation sites is 1. The molecule has 2 aromatic rings. The smallest absolute Gasteiger partial charge is 0.281 e. The van der Waals surface area contributed by atoms with Crippen molar-refractivity contribution < 1.29 is 4.79 Å². The SMILES string of the molecule is CCCCCC(=O)Nn1c(=S)[nH]c2ccccc2c1=O. The van der Waals surface area contributed by atoms with E-state index < -0.39 is 0 Å². The van der Waals surface area contributed by atoms with Crippen LogP contribution in [0.4, 0.5) is 0 Å². The van der Waals surface area contributed by atoms with E-state index in [-0.39, 0.29) is 16.2 Å². The molecule has 0 aliphatic carbocycles. The maximum absolute atomic E-state index is 12.3. The highest BCUT2D eigenvalue weighted by Crippen LogP contribution is 2.05. The Hall–Kier alpha value is -1.95. The number of H-pyrrole nitrogens is 1. The van der Waals surface area contributed by atoms with Crippen LogP contribution < -0.4 is 11.0 Å². The molecule has 0 bridgehead atoms. The summed E-state index contributed by atoms with van der Waals surface area (Å²) >= 11 is 5.11. The number of benzene rings is 1. The van der Waals surface area contributed by atoms with Gasteiger partial charge in [0.05, 0.1) is 10.9 Å². The molecule has 20 heavy (non-hydrogen) atoms. The minimum Gasteiger partial charge on any atom is -0.330 e. The zero-order valence-electron chi connectivity index (χ0n) is 11.3. The van der Waals surface area contributed by atoms with Gasteiger partial charge in [-0.2, -0.15) is 4.68 Å². The molecule has 0 aliphatic heterocycles. The van der Waals surface area contributed by atoms with E-state index in [9.17, 15) is 9.59 Å². The van der Waals surface area contributed by atoms with Gasteiger partial charge in [0, 0.05) is 6.42 Å².